The van der Waals surface area contributed by atoms with E-state index < -0.39 is 0 Å². The lowest BCUT2D eigenvalue weighted by atomic mass is 9.89. The number of ether oxygens (including phenoxy) is 1. The fourth-order valence-corrected chi connectivity index (χ4v) is 1.82. The van der Waals surface area contributed by atoms with Gasteiger partial charge in [-0.05, 0) is 38.4 Å². The van der Waals surface area contributed by atoms with Crippen LogP contribution in [0.3, 0.4) is 0 Å². The number of aliphatic hydroxyl groups excluding tert-OH is 1. The first kappa shape index (κ1) is 13.0. The maximum Gasteiger partial charge on any atom is 0.122 e. The minimum atomic E-state index is -0.0939. The summed E-state index contributed by atoms with van der Waals surface area (Å²) in [5.41, 5.74) is 1.07. The van der Waals surface area contributed by atoms with E-state index in [0.29, 0.717) is 0 Å². The van der Waals surface area contributed by atoms with E-state index in [2.05, 4.69) is 18.3 Å². The van der Waals surface area contributed by atoms with Crippen molar-refractivity contribution in [2.24, 2.45) is 0 Å². The van der Waals surface area contributed by atoms with Gasteiger partial charge < -0.3 is 15.2 Å². The van der Waals surface area contributed by atoms with Crippen molar-refractivity contribution in [2.75, 3.05) is 20.8 Å². The van der Waals surface area contributed by atoms with Crippen molar-refractivity contribution in [3.63, 3.8) is 0 Å². The highest BCUT2D eigenvalue weighted by Gasteiger charge is 2.23. The van der Waals surface area contributed by atoms with Gasteiger partial charge in [-0.15, -0.1) is 0 Å². The van der Waals surface area contributed by atoms with Gasteiger partial charge in [-0.1, -0.05) is 18.2 Å². The molecule has 0 aliphatic carbocycles. The highest BCUT2D eigenvalue weighted by Crippen LogP contribution is 2.24. The lowest BCUT2D eigenvalue weighted by Crippen LogP contribution is -2.42. The molecule has 90 valence electrons. The first-order valence-electron chi connectivity index (χ1n) is 5.57. The fraction of sp³-hybridized carbons (Fsp3) is 0.538. The second-order valence-corrected chi connectivity index (χ2v) is 4.27. The molecular weight excluding hydrogens is 202 g/mol. The quantitative estimate of drug-likeness (QED) is 0.769. The molecule has 3 heteroatoms. The Morgan fingerprint density at radius 2 is 2.06 bits per heavy atom. The third-order valence-corrected chi connectivity index (χ3v) is 3.04. The molecule has 1 unspecified atom stereocenters. The molecule has 2 N–H and O–H groups in total. The molecule has 0 fully saturated rings. The molecule has 0 saturated carbocycles. The van der Waals surface area contributed by atoms with Gasteiger partial charge in [-0.3, -0.25) is 0 Å². The number of aliphatic hydroxyl groups is 1. The molecule has 1 atom stereocenters. The first-order chi connectivity index (χ1) is 7.65. The Bertz CT molecular complexity index is 327. The Balaban J connectivity index is 2.85. The summed E-state index contributed by atoms with van der Waals surface area (Å²) in [6.07, 6.45) is 1.57. The van der Waals surface area contributed by atoms with Crippen LogP contribution < -0.4 is 10.1 Å². The molecule has 0 aromatic heterocycles. The molecular formula is C13H21NO2. The van der Waals surface area contributed by atoms with E-state index in [1.165, 1.54) is 0 Å². The van der Waals surface area contributed by atoms with Crippen LogP contribution >= 0.6 is 0 Å². The Kier molecular flexibility index (Phi) is 4.77. The van der Waals surface area contributed by atoms with E-state index in [9.17, 15) is 0 Å². The number of para-hydroxylation sites is 1. The van der Waals surface area contributed by atoms with Crippen molar-refractivity contribution in [3.8, 4) is 5.75 Å². The smallest absolute Gasteiger partial charge is 0.122 e. The summed E-state index contributed by atoms with van der Waals surface area (Å²) >= 11 is 0. The summed E-state index contributed by atoms with van der Waals surface area (Å²) in [6.45, 7) is 2.29. The number of methoxy groups -OCH3 is 1. The van der Waals surface area contributed by atoms with Crippen molar-refractivity contribution in [3.05, 3.63) is 29.8 Å². The van der Waals surface area contributed by atoms with Crippen molar-refractivity contribution in [1.82, 2.24) is 5.32 Å². The predicted octanol–water partition coefficient (Wildman–Crippen LogP) is 1.60. The molecule has 1 aromatic rings. The molecule has 3 nitrogen and oxygen atoms in total. The van der Waals surface area contributed by atoms with Gasteiger partial charge in [0, 0.05) is 12.1 Å². The number of hydrogen-bond acceptors (Lipinski definition) is 3. The summed E-state index contributed by atoms with van der Waals surface area (Å²) < 4.78 is 5.32. The molecule has 0 aliphatic heterocycles. The van der Waals surface area contributed by atoms with Crippen LogP contribution in [0.15, 0.2) is 24.3 Å². The van der Waals surface area contributed by atoms with Crippen LogP contribution in [0.2, 0.25) is 0 Å². The van der Waals surface area contributed by atoms with E-state index in [1.807, 2.05) is 25.2 Å². The standard InChI is InChI=1S/C13H21NO2/c1-13(14-2,8-9-15)10-11-6-4-5-7-12(11)16-3/h4-7,14-15H,8-10H2,1-3H3. The lowest BCUT2D eigenvalue weighted by molar-refractivity contribution is 0.225. The van der Waals surface area contributed by atoms with Gasteiger partial charge in [-0.2, -0.15) is 0 Å². The minimum absolute atomic E-state index is 0.0939. The van der Waals surface area contributed by atoms with Crippen LogP contribution in [-0.4, -0.2) is 31.4 Å². The molecule has 1 rings (SSSR count). The Morgan fingerprint density at radius 1 is 1.38 bits per heavy atom. The van der Waals surface area contributed by atoms with Gasteiger partial charge in [0.25, 0.3) is 0 Å². The van der Waals surface area contributed by atoms with Crippen LogP contribution in [-0.2, 0) is 6.42 Å². The Morgan fingerprint density at radius 3 is 2.62 bits per heavy atom. The zero-order valence-electron chi connectivity index (χ0n) is 10.3. The van der Waals surface area contributed by atoms with Crippen LogP contribution in [0.5, 0.6) is 5.75 Å². The molecule has 0 amide bonds. The summed E-state index contributed by atoms with van der Waals surface area (Å²) in [7, 11) is 3.60. The fourth-order valence-electron chi connectivity index (χ4n) is 1.82. The zero-order chi connectivity index (χ0) is 12.0. The second kappa shape index (κ2) is 5.87. The van der Waals surface area contributed by atoms with E-state index >= 15 is 0 Å². The van der Waals surface area contributed by atoms with Crippen molar-refractivity contribution in [2.45, 2.75) is 25.3 Å². The van der Waals surface area contributed by atoms with Crippen LogP contribution in [0.25, 0.3) is 0 Å². The highest BCUT2D eigenvalue weighted by molar-refractivity contribution is 5.34. The zero-order valence-corrected chi connectivity index (χ0v) is 10.3. The minimum Gasteiger partial charge on any atom is -0.496 e. The average molecular weight is 223 g/mol. The Labute approximate surface area is 97.4 Å². The van der Waals surface area contributed by atoms with Gasteiger partial charge in [0.05, 0.1) is 7.11 Å². The third kappa shape index (κ3) is 3.22. The van der Waals surface area contributed by atoms with Gasteiger partial charge in [-0.25, -0.2) is 0 Å². The van der Waals surface area contributed by atoms with Crippen molar-refractivity contribution < 1.29 is 9.84 Å². The van der Waals surface area contributed by atoms with Crippen molar-refractivity contribution >= 4 is 0 Å². The van der Waals surface area contributed by atoms with Crippen molar-refractivity contribution in [1.29, 1.82) is 0 Å². The first-order valence-corrected chi connectivity index (χ1v) is 5.57. The van der Waals surface area contributed by atoms with Crippen LogP contribution in [0.4, 0.5) is 0 Å². The molecule has 0 aliphatic rings. The molecule has 16 heavy (non-hydrogen) atoms. The topological polar surface area (TPSA) is 41.5 Å². The summed E-state index contributed by atoms with van der Waals surface area (Å²) in [6, 6.07) is 7.99. The van der Waals surface area contributed by atoms with E-state index in [0.717, 1.165) is 24.2 Å². The average Bonchev–Trinajstić information content (AvgIpc) is 2.30. The lowest BCUT2D eigenvalue weighted by Gasteiger charge is -2.29. The van der Waals surface area contributed by atoms with E-state index in [1.54, 1.807) is 7.11 Å². The summed E-state index contributed by atoms with van der Waals surface area (Å²) in [5, 5.41) is 12.3. The normalized spacial score (nSPS) is 14.5. The maximum atomic E-state index is 9.07. The van der Waals surface area contributed by atoms with Crippen LogP contribution in [0, 0.1) is 0 Å². The monoisotopic (exact) mass is 223 g/mol. The Hall–Kier alpha value is -1.06. The second-order valence-electron chi connectivity index (χ2n) is 4.27. The number of likely N-dealkylation sites (N-methyl/N-ethyl adjacent to an activating group) is 1. The molecule has 0 radical (unpaired) electrons. The van der Waals surface area contributed by atoms with Gasteiger partial charge in [0.15, 0.2) is 0 Å². The van der Waals surface area contributed by atoms with E-state index in [4.69, 9.17) is 9.84 Å². The largest absolute Gasteiger partial charge is 0.496 e. The van der Waals surface area contributed by atoms with Gasteiger partial charge in [0.1, 0.15) is 5.75 Å². The molecule has 0 heterocycles. The van der Waals surface area contributed by atoms with Gasteiger partial charge in [0.2, 0.25) is 0 Å². The highest BCUT2D eigenvalue weighted by atomic mass is 16.5. The SMILES string of the molecule is CNC(C)(CCO)Cc1ccccc1OC. The molecule has 0 spiro atoms. The predicted molar refractivity (Wildman–Crippen MR) is 65.9 cm³/mol. The number of hydrogen-bond donors (Lipinski definition) is 2. The summed E-state index contributed by atoms with van der Waals surface area (Å²) in [4.78, 5) is 0. The third-order valence-electron chi connectivity index (χ3n) is 3.04. The number of benzene rings is 1. The van der Waals surface area contributed by atoms with Crippen LogP contribution in [0.1, 0.15) is 18.9 Å². The molecule has 1 aromatic carbocycles. The number of rotatable bonds is 6. The van der Waals surface area contributed by atoms with Gasteiger partial charge >= 0.3 is 0 Å². The molecule has 0 saturated heterocycles. The number of nitrogens with one attached hydrogen (secondary N) is 1. The summed E-state index contributed by atoms with van der Waals surface area (Å²) in [5.74, 6) is 0.905. The molecule has 0 bridgehead atoms. The maximum absolute atomic E-state index is 9.07. The van der Waals surface area contributed by atoms with E-state index in [-0.39, 0.29) is 12.1 Å².